The van der Waals surface area contributed by atoms with Gasteiger partial charge in [-0.25, -0.2) is 0 Å². The predicted octanol–water partition coefficient (Wildman–Crippen LogP) is 1.20. The van der Waals surface area contributed by atoms with Gasteiger partial charge in [0.05, 0.1) is 0 Å². The molecule has 2 rings (SSSR count). The molecule has 3 N–H and O–H groups in total. The van der Waals surface area contributed by atoms with Gasteiger partial charge in [-0.3, -0.25) is 14.5 Å². The minimum Gasteiger partial charge on any atom is -0.330 e. The SMILES string of the molecule is NCCCC(=O)Nc1ccn(CCc2ccncc2)n1. The highest BCUT2D eigenvalue weighted by molar-refractivity contribution is 5.89. The van der Waals surface area contributed by atoms with E-state index in [1.54, 1.807) is 18.5 Å². The van der Waals surface area contributed by atoms with Crippen molar-refractivity contribution in [2.24, 2.45) is 5.73 Å². The van der Waals surface area contributed by atoms with Crippen LogP contribution >= 0.6 is 0 Å². The van der Waals surface area contributed by atoms with Crippen molar-refractivity contribution in [3.8, 4) is 0 Å². The van der Waals surface area contributed by atoms with E-state index in [2.05, 4.69) is 15.4 Å². The largest absolute Gasteiger partial charge is 0.330 e. The Balaban J connectivity index is 1.81. The van der Waals surface area contributed by atoms with Crippen LogP contribution in [0.5, 0.6) is 0 Å². The van der Waals surface area contributed by atoms with E-state index in [9.17, 15) is 4.79 Å². The number of rotatable bonds is 7. The number of aryl methyl sites for hydroxylation is 2. The minimum absolute atomic E-state index is 0.0465. The summed E-state index contributed by atoms with van der Waals surface area (Å²) in [4.78, 5) is 15.5. The molecule has 20 heavy (non-hydrogen) atoms. The number of nitrogens with one attached hydrogen (secondary N) is 1. The van der Waals surface area contributed by atoms with E-state index in [0.29, 0.717) is 25.2 Å². The van der Waals surface area contributed by atoms with Crippen LogP contribution in [0.25, 0.3) is 0 Å². The Morgan fingerprint density at radius 3 is 2.85 bits per heavy atom. The molecule has 0 saturated heterocycles. The smallest absolute Gasteiger partial charge is 0.225 e. The van der Waals surface area contributed by atoms with Gasteiger partial charge in [0, 0.05) is 37.6 Å². The summed E-state index contributed by atoms with van der Waals surface area (Å²) < 4.78 is 1.82. The monoisotopic (exact) mass is 273 g/mol. The van der Waals surface area contributed by atoms with Crippen LogP contribution in [0.3, 0.4) is 0 Å². The highest BCUT2D eigenvalue weighted by Gasteiger charge is 2.04. The zero-order chi connectivity index (χ0) is 14.2. The average molecular weight is 273 g/mol. The van der Waals surface area contributed by atoms with E-state index in [4.69, 9.17) is 5.73 Å². The standard InChI is InChI=1S/C14H19N5O/c15-7-1-2-14(20)17-13-6-11-19(18-13)10-5-12-3-8-16-9-4-12/h3-4,6,8-9,11H,1-2,5,7,10,15H2,(H,17,18,20). The van der Waals surface area contributed by atoms with Crippen LogP contribution in [0.15, 0.2) is 36.8 Å². The fraction of sp³-hybridized carbons (Fsp3) is 0.357. The van der Waals surface area contributed by atoms with Crippen LogP contribution in [0, 0.1) is 0 Å². The Morgan fingerprint density at radius 2 is 2.10 bits per heavy atom. The van der Waals surface area contributed by atoms with Crippen LogP contribution in [0.2, 0.25) is 0 Å². The summed E-state index contributed by atoms with van der Waals surface area (Å²) in [6.45, 7) is 1.29. The van der Waals surface area contributed by atoms with Gasteiger partial charge in [0.2, 0.25) is 5.91 Å². The predicted molar refractivity (Wildman–Crippen MR) is 77.1 cm³/mol. The first kappa shape index (κ1) is 14.2. The molecular formula is C14H19N5O. The molecule has 0 aliphatic heterocycles. The molecule has 0 aliphatic rings. The molecule has 1 amide bonds. The molecule has 0 aromatic carbocycles. The normalized spacial score (nSPS) is 10.4. The number of nitrogens with zero attached hydrogens (tertiary/aromatic N) is 3. The second-order valence-corrected chi connectivity index (χ2v) is 4.51. The summed E-state index contributed by atoms with van der Waals surface area (Å²) >= 11 is 0. The topological polar surface area (TPSA) is 85.8 Å². The number of anilines is 1. The third-order valence-electron chi connectivity index (χ3n) is 2.90. The Bertz CT molecular complexity index is 538. The van der Waals surface area contributed by atoms with Crippen molar-refractivity contribution in [3.63, 3.8) is 0 Å². The lowest BCUT2D eigenvalue weighted by molar-refractivity contribution is -0.116. The van der Waals surface area contributed by atoms with Crippen LogP contribution in [0.4, 0.5) is 5.82 Å². The van der Waals surface area contributed by atoms with Gasteiger partial charge < -0.3 is 11.1 Å². The fourth-order valence-corrected chi connectivity index (χ4v) is 1.81. The number of carbonyl (C=O) groups is 1. The summed E-state index contributed by atoms with van der Waals surface area (Å²) in [6.07, 6.45) is 7.42. The van der Waals surface area contributed by atoms with Gasteiger partial charge in [0.15, 0.2) is 5.82 Å². The quantitative estimate of drug-likeness (QED) is 0.793. The maximum atomic E-state index is 11.5. The zero-order valence-electron chi connectivity index (χ0n) is 11.3. The molecule has 0 spiro atoms. The molecule has 2 aromatic rings. The molecule has 0 aliphatic carbocycles. The van der Waals surface area contributed by atoms with E-state index < -0.39 is 0 Å². The molecule has 0 bridgehead atoms. The van der Waals surface area contributed by atoms with Gasteiger partial charge >= 0.3 is 0 Å². The minimum atomic E-state index is -0.0465. The number of amides is 1. The zero-order valence-corrected chi connectivity index (χ0v) is 11.3. The van der Waals surface area contributed by atoms with Crippen molar-refractivity contribution in [2.75, 3.05) is 11.9 Å². The number of hydrogen-bond donors (Lipinski definition) is 2. The maximum absolute atomic E-state index is 11.5. The summed E-state index contributed by atoms with van der Waals surface area (Å²) in [6, 6.07) is 5.77. The first-order valence-corrected chi connectivity index (χ1v) is 6.70. The molecule has 6 heteroatoms. The molecule has 0 unspecified atom stereocenters. The Labute approximate surface area is 118 Å². The Kier molecular flexibility index (Phi) is 5.25. The Morgan fingerprint density at radius 1 is 1.30 bits per heavy atom. The highest BCUT2D eigenvalue weighted by atomic mass is 16.1. The lowest BCUT2D eigenvalue weighted by Crippen LogP contribution is -2.14. The number of hydrogen-bond acceptors (Lipinski definition) is 4. The number of aromatic nitrogens is 3. The number of carbonyl (C=O) groups excluding carboxylic acids is 1. The Hall–Kier alpha value is -2.21. The van der Waals surface area contributed by atoms with Gasteiger partial charge in [-0.2, -0.15) is 5.10 Å². The van der Waals surface area contributed by atoms with Crippen LogP contribution in [-0.2, 0) is 17.8 Å². The molecular weight excluding hydrogens is 254 g/mol. The number of pyridine rings is 1. The second-order valence-electron chi connectivity index (χ2n) is 4.51. The fourth-order valence-electron chi connectivity index (χ4n) is 1.81. The molecule has 6 nitrogen and oxygen atoms in total. The first-order chi connectivity index (χ1) is 9.78. The van der Waals surface area contributed by atoms with Crippen molar-refractivity contribution in [2.45, 2.75) is 25.8 Å². The molecule has 0 atom stereocenters. The van der Waals surface area contributed by atoms with E-state index in [0.717, 1.165) is 13.0 Å². The van der Waals surface area contributed by atoms with Crippen molar-refractivity contribution < 1.29 is 4.79 Å². The lowest BCUT2D eigenvalue weighted by atomic mass is 10.2. The van der Waals surface area contributed by atoms with Crippen molar-refractivity contribution in [1.29, 1.82) is 0 Å². The first-order valence-electron chi connectivity index (χ1n) is 6.70. The molecule has 2 aromatic heterocycles. The third kappa shape index (κ3) is 4.47. The van der Waals surface area contributed by atoms with Gasteiger partial charge in [-0.15, -0.1) is 0 Å². The van der Waals surface area contributed by atoms with Gasteiger partial charge in [0.1, 0.15) is 0 Å². The van der Waals surface area contributed by atoms with Gasteiger partial charge in [0.25, 0.3) is 0 Å². The third-order valence-corrected chi connectivity index (χ3v) is 2.90. The summed E-state index contributed by atoms with van der Waals surface area (Å²) in [5.74, 6) is 0.539. The summed E-state index contributed by atoms with van der Waals surface area (Å²) in [7, 11) is 0. The molecule has 0 saturated carbocycles. The van der Waals surface area contributed by atoms with E-state index >= 15 is 0 Å². The van der Waals surface area contributed by atoms with E-state index in [-0.39, 0.29) is 5.91 Å². The molecule has 0 fully saturated rings. The van der Waals surface area contributed by atoms with Gasteiger partial charge in [-0.1, -0.05) is 0 Å². The summed E-state index contributed by atoms with van der Waals surface area (Å²) in [5.41, 5.74) is 6.58. The van der Waals surface area contributed by atoms with Crippen molar-refractivity contribution in [1.82, 2.24) is 14.8 Å². The number of nitrogens with two attached hydrogens (primary N) is 1. The average Bonchev–Trinajstić information content (AvgIpc) is 2.91. The highest BCUT2D eigenvalue weighted by Crippen LogP contribution is 2.05. The van der Waals surface area contributed by atoms with Gasteiger partial charge in [-0.05, 0) is 37.1 Å². The van der Waals surface area contributed by atoms with Crippen molar-refractivity contribution >= 4 is 11.7 Å². The molecule has 2 heterocycles. The summed E-state index contributed by atoms with van der Waals surface area (Å²) in [5, 5.41) is 7.07. The van der Waals surface area contributed by atoms with E-state index in [1.807, 2.05) is 23.0 Å². The van der Waals surface area contributed by atoms with E-state index in [1.165, 1.54) is 5.56 Å². The van der Waals surface area contributed by atoms with Crippen LogP contribution < -0.4 is 11.1 Å². The van der Waals surface area contributed by atoms with Crippen LogP contribution in [0.1, 0.15) is 18.4 Å². The maximum Gasteiger partial charge on any atom is 0.225 e. The molecule has 106 valence electrons. The lowest BCUT2D eigenvalue weighted by Gasteiger charge is -2.02. The van der Waals surface area contributed by atoms with Crippen LogP contribution in [-0.4, -0.2) is 27.2 Å². The van der Waals surface area contributed by atoms with Crippen molar-refractivity contribution in [3.05, 3.63) is 42.4 Å². The second kappa shape index (κ2) is 7.40. The molecule has 0 radical (unpaired) electrons.